The summed E-state index contributed by atoms with van der Waals surface area (Å²) in [5, 5.41) is 21.6. The number of amides is 12. The Morgan fingerprint density at radius 1 is 0.489 bits per heavy atom. The van der Waals surface area contributed by atoms with Gasteiger partial charge in [0.05, 0.1) is 12.6 Å². The lowest BCUT2D eigenvalue weighted by Crippen LogP contribution is -2.63. The number of hydrogen-bond acceptors (Lipinski definition) is 13. The van der Waals surface area contributed by atoms with Crippen LogP contribution in [0.1, 0.15) is 112 Å². The molecular weight excluding hydrogens is 1160 g/mol. The first-order valence-corrected chi connectivity index (χ1v) is 31.2. The number of rotatable bonds is 11. The third-order valence-electron chi connectivity index (χ3n) is 17.1. The van der Waals surface area contributed by atoms with E-state index < -0.39 is 150 Å². The Morgan fingerprint density at radius 3 is 1.40 bits per heavy atom. The lowest BCUT2D eigenvalue weighted by Gasteiger charge is -2.38. The van der Waals surface area contributed by atoms with E-state index in [1.54, 1.807) is 74.5 Å². The Labute approximate surface area is 531 Å². The van der Waals surface area contributed by atoms with Gasteiger partial charge in [-0.1, -0.05) is 102 Å². The molecule has 5 N–H and O–H groups in total. The van der Waals surface area contributed by atoms with Crippen LogP contribution in [0.5, 0.6) is 0 Å². The molecule has 2 aromatic rings. The largest absolute Gasteiger partial charge is 0.391 e. The van der Waals surface area contributed by atoms with Crippen molar-refractivity contribution in [2.45, 2.75) is 181 Å². The number of likely N-dealkylation sites (N-methyl/N-ethyl adjacent to an activating group) is 7. The molecule has 0 aromatic heterocycles. The van der Waals surface area contributed by atoms with E-state index in [-0.39, 0.29) is 50.6 Å². The van der Waals surface area contributed by atoms with Crippen LogP contribution in [0.25, 0.3) is 0 Å². The second kappa shape index (κ2) is 33.7. The van der Waals surface area contributed by atoms with Crippen LogP contribution in [0.2, 0.25) is 0 Å². The van der Waals surface area contributed by atoms with Crippen molar-refractivity contribution in [2.75, 3.05) is 69.0 Å². The third kappa shape index (κ3) is 19.5. The van der Waals surface area contributed by atoms with Crippen molar-refractivity contribution < 1.29 is 62.6 Å². The van der Waals surface area contributed by atoms with Gasteiger partial charge >= 0.3 is 0 Å². The average molecular weight is 1260 g/mol. The third-order valence-corrected chi connectivity index (χ3v) is 17.1. The molecule has 2 heterocycles. The number of nitrogens with zero attached hydrogens (tertiary/aromatic N) is 8. The van der Waals surface area contributed by atoms with Gasteiger partial charge < -0.3 is 65.6 Å². The van der Waals surface area contributed by atoms with Crippen LogP contribution in [-0.2, 0) is 70.4 Å². The second-order valence-electron chi connectivity index (χ2n) is 25.5. The van der Waals surface area contributed by atoms with Gasteiger partial charge in [-0.25, -0.2) is 0 Å². The quantitative estimate of drug-likeness (QED) is 0.197. The lowest BCUT2D eigenvalue weighted by molar-refractivity contribution is -0.153. The predicted octanol–water partition coefficient (Wildman–Crippen LogP) is 1.05. The first-order valence-electron chi connectivity index (χ1n) is 31.2. The highest BCUT2D eigenvalue weighted by molar-refractivity contribution is 6.09. The highest BCUT2D eigenvalue weighted by Gasteiger charge is 2.44. The Hall–Kier alpha value is -7.96. The molecule has 4 rings (SSSR count). The number of hydrogen-bond donors (Lipinski definition) is 5. The van der Waals surface area contributed by atoms with Crippen LogP contribution >= 0.6 is 0 Å². The smallest absolute Gasteiger partial charge is 0.255 e. The van der Waals surface area contributed by atoms with Crippen LogP contribution < -0.4 is 21.3 Å². The maximum Gasteiger partial charge on any atom is 0.255 e. The minimum absolute atomic E-state index is 0.0595. The molecule has 12 amide bonds. The number of benzene rings is 2. The van der Waals surface area contributed by atoms with E-state index in [1.165, 1.54) is 96.6 Å². The maximum atomic E-state index is 15.1. The lowest BCUT2D eigenvalue weighted by atomic mass is 9.96. The minimum Gasteiger partial charge on any atom is -0.391 e. The topological polar surface area (TPSA) is 299 Å². The number of nitrogens with one attached hydrogen (secondary N) is 4. The SMILES string of the molecule is CC(C)C[C@@H]1NC(=O)[C@H](Cc2ccccc2)N(C)C(=O)[C@H](C)N(C)C(=O)[C@@H](C(=O)N2CCCCC2)NC(=O)[C@H](Cc2ccccc2)N(C)C(=O)[C@H](C)N(C)C(=O)[C@H]([C@@H](C)O)NC(=O)CN(C)C(=O)[C@H](C)NC(=O)[C@H](C(C)C)N(C)C(=O)[C@H](CC(C)C)N(C)C1=O. The average Bonchev–Trinajstić information content (AvgIpc) is 0.941. The van der Waals surface area contributed by atoms with E-state index in [4.69, 9.17) is 0 Å². The normalized spacial score (nSPS) is 26.3. The highest BCUT2D eigenvalue weighted by atomic mass is 16.3. The summed E-state index contributed by atoms with van der Waals surface area (Å²) < 4.78 is 0. The molecule has 25 nitrogen and oxygen atoms in total. The van der Waals surface area contributed by atoms with Gasteiger partial charge in [-0.3, -0.25) is 57.5 Å². The van der Waals surface area contributed by atoms with E-state index in [0.29, 0.717) is 24.0 Å². The summed E-state index contributed by atoms with van der Waals surface area (Å²) >= 11 is 0. The molecule has 25 heteroatoms. The summed E-state index contributed by atoms with van der Waals surface area (Å²) in [7, 11) is 9.42. The van der Waals surface area contributed by atoms with Crippen molar-refractivity contribution in [3.8, 4) is 0 Å². The van der Waals surface area contributed by atoms with Gasteiger partial charge in [0.15, 0.2) is 6.04 Å². The number of carbonyl (C=O) groups excluding carboxylic acids is 12. The maximum absolute atomic E-state index is 15.1. The fourth-order valence-corrected chi connectivity index (χ4v) is 11.4. The fourth-order valence-electron chi connectivity index (χ4n) is 11.4. The number of piperidine rings is 1. The molecule has 90 heavy (non-hydrogen) atoms. The zero-order valence-electron chi connectivity index (χ0n) is 55.9. The molecule has 2 aliphatic heterocycles. The van der Waals surface area contributed by atoms with Crippen molar-refractivity contribution in [2.24, 2.45) is 17.8 Å². The number of likely N-dealkylation sites (tertiary alicyclic amines) is 1. The summed E-state index contributed by atoms with van der Waals surface area (Å²) in [6.45, 7) is 16.1. The van der Waals surface area contributed by atoms with E-state index in [1.807, 2.05) is 27.7 Å². The van der Waals surface area contributed by atoms with Gasteiger partial charge in [-0.2, -0.15) is 0 Å². The fraction of sp³-hybridized carbons (Fsp3) is 0.631. The van der Waals surface area contributed by atoms with Gasteiger partial charge in [0.1, 0.15) is 54.4 Å². The molecule has 0 radical (unpaired) electrons. The molecule has 2 saturated heterocycles. The molecule has 2 aromatic carbocycles. The minimum atomic E-state index is -1.93. The first kappa shape index (κ1) is 74.5. The summed E-state index contributed by atoms with van der Waals surface area (Å²) in [6.07, 6.45) is 0.515. The molecule has 0 aliphatic carbocycles. The summed E-state index contributed by atoms with van der Waals surface area (Å²) in [5.41, 5.74) is 1.22. The summed E-state index contributed by atoms with van der Waals surface area (Å²) in [5.74, 6) is -10.4. The van der Waals surface area contributed by atoms with E-state index >= 15 is 24.0 Å². The number of aliphatic hydroxyl groups is 1. The van der Waals surface area contributed by atoms with E-state index in [9.17, 15) is 38.7 Å². The van der Waals surface area contributed by atoms with Gasteiger partial charge in [-0.05, 0) is 88.7 Å². The molecule has 0 saturated carbocycles. The van der Waals surface area contributed by atoms with Crippen LogP contribution in [0.3, 0.4) is 0 Å². The standard InChI is InChI=1S/C65H100N12O13/c1-38(2)33-47-61(86)75(16)50(34-39(3)4)62(87)76(17)54(40(5)6)57(82)66-41(7)58(83)70(11)37-51(79)68-52(44(10)78)63(88)71(12)42(8)59(84)74(15)49(36-46-29-23-19-24-30-46)56(81)69-53(65(90)77-31-25-20-26-32-77)64(89)72(13)43(9)60(85)73(14)48(55(80)67-47)35-45-27-21-18-22-28-45/h18-19,21-24,27-30,38-44,47-50,52-54,78H,20,25-26,31-37H2,1-17H3,(H,66,82)(H,67,80)(H,68,79)(H,69,81)/t41-,42-,43-,44+,47-,48-,49-,50-,52-,53-,54-/m0/s1. The van der Waals surface area contributed by atoms with Crippen LogP contribution in [0.15, 0.2) is 60.7 Å². The van der Waals surface area contributed by atoms with Crippen LogP contribution in [0.4, 0.5) is 0 Å². The Kier molecular flexibility index (Phi) is 27.9. The zero-order valence-corrected chi connectivity index (χ0v) is 55.9. The molecule has 2 fully saturated rings. The molecule has 0 spiro atoms. The highest BCUT2D eigenvalue weighted by Crippen LogP contribution is 2.23. The van der Waals surface area contributed by atoms with Gasteiger partial charge in [0.2, 0.25) is 59.1 Å². The molecule has 0 bridgehead atoms. The summed E-state index contributed by atoms with van der Waals surface area (Å²) in [6, 6.07) is 3.46. The van der Waals surface area contributed by atoms with Gasteiger partial charge in [0, 0.05) is 75.3 Å². The first-order chi connectivity index (χ1) is 42.1. The second-order valence-corrected chi connectivity index (χ2v) is 25.5. The van der Waals surface area contributed by atoms with Crippen LogP contribution in [-0.4, -0.2) is 251 Å². The van der Waals surface area contributed by atoms with Gasteiger partial charge in [-0.15, -0.1) is 0 Å². The van der Waals surface area contributed by atoms with Crippen molar-refractivity contribution in [3.63, 3.8) is 0 Å². The Bertz CT molecular complexity index is 2850. The molecule has 498 valence electrons. The van der Waals surface area contributed by atoms with Crippen molar-refractivity contribution in [1.82, 2.24) is 60.5 Å². The summed E-state index contributed by atoms with van der Waals surface area (Å²) in [4.78, 5) is 185. The van der Waals surface area contributed by atoms with E-state index in [2.05, 4.69) is 21.3 Å². The number of carbonyl (C=O) groups is 12. The van der Waals surface area contributed by atoms with Crippen LogP contribution in [0, 0.1) is 17.8 Å². The van der Waals surface area contributed by atoms with Gasteiger partial charge in [0.25, 0.3) is 11.8 Å². The Balaban J connectivity index is 1.92. The monoisotopic (exact) mass is 1260 g/mol. The number of aliphatic hydroxyl groups excluding tert-OH is 1. The molecule has 2 aliphatic rings. The molecular formula is C65H100N12O13. The molecule has 0 unspecified atom stereocenters. The predicted molar refractivity (Wildman–Crippen MR) is 338 cm³/mol. The van der Waals surface area contributed by atoms with Crippen molar-refractivity contribution >= 4 is 70.9 Å². The van der Waals surface area contributed by atoms with E-state index in [0.717, 1.165) is 26.0 Å². The Morgan fingerprint density at radius 2 is 0.944 bits per heavy atom. The van der Waals surface area contributed by atoms with Crippen molar-refractivity contribution in [3.05, 3.63) is 71.8 Å². The zero-order chi connectivity index (χ0) is 67.8. The molecule has 11 atom stereocenters. The van der Waals surface area contributed by atoms with Crippen molar-refractivity contribution in [1.29, 1.82) is 0 Å².